The molecular formula is C15H14N4O2. The van der Waals surface area contributed by atoms with E-state index in [0.717, 1.165) is 5.69 Å². The lowest BCUT2D eigenvalue weighted by atomic mass is 10.1. The molecule has 0 fully saturated rings. The highest BCUT2D eigenvalue weighted by Crippen LogP contribution is 2.28. The summed E-state index contributed by atoms with van der Waals surface area (Å²) in [6.45, 7) is 0. The number of nitrogens with zero attached hydrogens (tertiary/aromatic N) is 2. The first-order valence-electron chi connectivity index (χ1n) is 6.22. The van der Waals surface area contributed by atoms with Crippen molar-refractivity contribution < 1.29 is 9.53 Å². The van der Waals surface area contributed by atoms with Crippen molar-refractivity contribution in [1.82, 2.24) is 4.98 Å². The first kappa shape index (κ1) is 14.3. The second-order valence-electron chi connectivity index (χ2n) is 4.13. The number of carbonyl (C=O) groups is 1. The third-order valence-electron chi connectivity index (χ3n) is 2.89. The third-order valence-corrected chi connectivity index (χ3v) is 2.89. The lowest BCUT2D eigenvalue weighted by Gasteiger charge is -2.11. The second kappa shape index (κ2) is 6.39. The van der Waals surface area contributed by atoms with Crippen LogP contribution >= 0.6 is 0 Å². The molecule has 6 heteroatoms. The van der Waals surface area contributed by atoms with E-state index in [9.17, 15) is 4.79 Å². The van der Waals surface area contributed by atoms with Crippen LogP contribution in [0.5, 0.6) is 5.75 Å². The normalized spacial score (nSPS) is 9.57. The Kier molecular flexibility index (Phi) is 4.36. The van der Waals surface area contributed by atoms with E-state index in [4.69, 9.17) is 10.00 Å². The molecule has 0 aliphatic rings. The van der Waals surface area contributed by atoms with Crippen molar-refractivity contribution in [2.45, 2.75) is 0 Å². The molecule has 2 N–H and O–H groups in total. The van der Waals surface area contributed by atoms with E-state index >= 15 is 0 Å². The number of carbonyl (C=O) groups excluding carboxylic acids is 1. The van der Waals surface area contributed by atoms with Gasteiger partial charge in [0.2, 0.25) is 0 Å². The fourth-order valence-corrected chi connectivity index (χ4v) is 1.78. The summed E-state index contributed by atoms with van der Waals surface area (Å²) >= 11 is 0. The van der Waals surface area contributed by atoms with Gasteiger partial charge in [-0.05, 0) is 24.3 Å². The van der Waals surface area contributed by atoms with Gasteiger partial charge in [-0.2, -0.15) is 5.26 Å². The van der Waals surface area contributed by atoms with Crippen LogP contribution in [0.2, 0.25) is 0 Å². The van der Waals surface area contributed by atoms with Crippen molar-refractivity contribution in [1.29, 1.82) is 5.26 Å². The van der Waals surface area contributed by atoms with Crippen LogP contribution in [0.3, 0.4) is 0 Å². The highest BCUT2D eigenvalue weighted by atomic mass is 16.5. The van der Waals surface area contributed by atoms with Crippen molar-refractivity contribution in [3.8, 4) is 11.8 Å². The SMILES string of the molecule is CNc1ccc(C(=O)Nc2c(C#N)cccc2OC)nc1. The standard InChI is InChI=1S/C15H14N4O2/c1-17-11-6-7-12(18-9-11)15(20)19-14-10(8-16)4-3-5-13(14)21-2/h3-7,9,17H,1-2H3,(H,19,20). The Labute approximate surface area is 122 Å². The Morgan fingerprint density at radius 1 is 1.33 bits per heavy atom. The molecule has 0 bridgehead atoms. The number of ether oxygens (including phenoxy) is 1. The molecule has 2 rings (SSSR count). The van der Waals surface area contributed by atoms with Gasteiger partial charge in [-0.3, -0.25) is 4.79 Å². The summed E-state index contributed by atoms with van der Waals surface area (Å²) in [6.07, 6.45) is 1.56. The van der Waals surface area contributed by atoms with E-state index in [1.165, 1.54) is 7.11 Å². The fourth-order valence-electron chi connectivity index (χ4n) is 1.78. The molecule has 6 nitrogen and oxygen atoms in total. The number of hydrogen-bond donors (Lipinski definition) is 2. The molecule has 106 valence electrons. The lowest BCUT2D eigenvalue weighted by Crippen LogP contribution is -2.15. The Balaban J connectivity index is 2.29. The van der Waals surface area contributed by atoms with Crippen LogP contribution in [-0.2, 0) is 0 Å². The van der Waals surface area contributed by atoms with E-state index in [1.54, 1.807) is 43.6 Å². The van der Waals surface area contributed by atoms with Gasteiger partial charge >= 0.3 is 0 Å². The van der Waals surface area contributed by atoms with Crippen molar-refractivity contribution in [3.05, 3.63) is 47.8 Å². The van der Waals surface area contributed by atoms with Gasteiger partial charge in [0.25, 0.3) is 5.91 Å². The maximum Gasteiger partial charge on any atom is 0.274 e. The first-order chi connectivity index (χ1) is 10.2. The molecule has 1 amide bonds. The number of amides is 1. The van der Waals surface area contributed by atoms with E-state index in [-0.39, 0.29) is 5.69 Å². The highest BCUT2D eigenvalue weighted by Gasteiger charge is 2.14. The smallest absolute Gasteiger partial charge is 0.274 e. The maximum absolute atomic E-state index is 12.2. The Bertz CT molecular complexity index is 690. The van der Waals surface area contributed by atoms with Gasteiger partial charge in [0.05, 0.1) is 24.6 Å². The number of benzene rings is 1. The van der Waals surface area contributed by atoms with Crippen LogP contribution in [0.15, 0.2) is 36.5 Å². The average Bonchev–Trinajstić information content (AvgIpc) is 2.55. The summed E-state index contributed by atoms with van der Waals surface area (Å²) < 4.78 is 5.16. The molecule has 0 radical (unpaired) electrons. The molecule has 1 aromatic heterocycles. The lowest BCUT2D eigenvalue weighted by molar-refractivity contribution is 0.102. The monoisotopic (exact) mass is 282 g/mol. The Morgan fingerprint density at radius 3 is 2.71 bits per heavy atom. The third kappa shape index (κ3) is 3.09. The molecule has 0 spiro atoms. The predicted octanol–water partition coefficient (Wildman–Crippen LogP) is 2.26. The topological polar surface area (TPSA) is 87.0 Å². The summed E-state index contributed by atoms with van der Waals surface area (Å²) in [5.41, 5.74) is 1.73. The van der Waals surface area contributed by atoms with Crippen molar-refractivity contribution in [3.63, 3.8) is 0 Å². The molecule has 2 aromatic rings. The minimum atomic E-state index is -0.404. The van der Waals surface area contributed by atoms with E-state index in [0.29, 0.717) is 17.0 Å². The van der Waals surface area contributed by atoms with Crippen LogP contribution < -0.4 is 15.4 Å². The van der Waals surface area contributed by atoms with E-state index in [1.807, 2.05) is 6.07 Å². The Hall–Kier alpha value is -3.07. The second-order valence-corrected chi connectivity index (χ2v) is 4.13. The van der Waals surface area contributed by atoms with Crippen molar-refractivity contribution in [2.24, 2.45) is 0 Å². The predicted molar refractivity (Wildman–Crippen MR) is 79.4 cm³/mol. The zero-order valence-corrected chi connectivity index (χ0v) is 11.7. The zero-order valence-electron chi connectivity index (χ0n) is 11.7. The number of nitrogens with one attached hydrogen (secondary N) is 2. The zero-order chi connectivity index (χ0) is 15.2. The number of aromatic nitrogens is 1. The number of para-hydroxylation sites is 1. The summed E-state index contributed by atoms with van der Waals surface area (Å²) in [6, 6.07) is 10.3. The summed E-state index contributed by atoms with van der Waals surface area (Å²) in [4.78, 5) is 16.2. The van der Waals surface area contributed by atoms with Gasteiger partial charge in [0.1, 0.15) is 23.2 Å². The molecule has 0 saturated heterocycles. The molecule has 0 atom stereocenters. The Morgan fingerprint density at radius 2 is 2.14 bits per heavy atom. The quantitative estimate of drug-likeness (QED) is 0.898. The van der Waals surface area contributed by atoms with Crippen LogP contribution in [0.25, 0.3) is 0 Å². The van der Waals surface area contributed by atoms with Crippen molar-refractivity contribution in [2.75, 3.05) is 24.8 Å². The fraction of sp³-hybridized carbons (Fsp3) is 0.133. The van der Waals surface area contributed by atoms with Crippen LogP contribution in [0.1, 0.15) is 16.1 Å². The van der Waals surface area contributed by atoms with Gasteiger partial charge in [0.15, 0.2) is 0 Å². The largest absolute Gasteiger partial charge is 0.495 e. The van der Waals surface area contributed by atoms with Gasteiger partial charge in [-0.25, -0.2) is 4.98 Å². The molecule has 0 saturated carbocycles. The van der Waals surface area contributed by atoms with Gasteiger partial charge < -0.3 is 15.4 Å². The summed E-state index contributed by atoms with van der Waals surface area (Å²) in [5, 5.41) is 14.7. The van der Waals surface area contributed by atoms with Crippen LogP contribution in [-0.4, -0.2) is 25.0 Å². The maximum atomic E-state index is 12.2. The van der Waals surface area contributed by atoms with Crippen molar-refractivity contribution >= 4 is 17.3 Å². The van der Waals surface area contributed by atoms with Crippen LogP contribution in [0, 0.1) is 11.3 Å². The highest BCUT2D eigenvalue weighted by molar-refractivity contribution is 6.04. The average molecular weight is 282 g/mol. The summed E-state index contributed by atoms with van der Waals surface area (Å²) in [5.74, 6) is 0.0212. The molecular weight excluding hydrogens is 268 g/mol. The number of rotatable bonds is 4. The number of nitriles is 1. The molecule has 0 unspecified atom stereocenters. The minimum absolute atomic E-state index is 0.254. The number of methoxy groups -OCH3 is 1. The van der Waals surface area contributed by atoms with Crippen LogP contribution in [0.4, 0.5) is 11.4 Å². The number of hydrogen-bond acceptors (Lipinski definition) is 5. The molecule has 1 aromatic carbocycles. The minimum Gasteiger partial charge on any atom is -0.495 e. The molecule has 1 heterocycles. The van der Waals surface area contributed by atoms with Gasteiger partial charge in [0, 0.05) is 7.05 Å². The van der Waals surface area contributed by atoms with E-state index in [2.05, 4.69) is 15.6 Å². The molecule has 21 heavy (non-hydrogen) atoms. The number of pyridine rings is 1. The van der Waals surface area contributed by atoms with Gasteiger partial charge in [-0.1, -0.05) is 6.07 Å². The first-order valence-corrected chi connectivity index (χ1v) is 6.22. The molecule has 0 aliphatic carbocycles. The number of anilines is 2. The summed E-state index contributed by atoms with van der Waals surface area (Å²) in [7, 11) is 3.25. The van der Waals surface area contributed by atoms with E-state index < -0.39 is 5.91 Å². The van der Waals surface area contributed by atoms with Gasteiger partial charge in [-0.15, -0.1) is 0 Å². The molecule has 0 aliphatic heterocycles.